The molecule has 0 bridgehead atoms. The second-order valence-electron chi connectivity index (χ2n) is 5.28. The second-order valence-corrected chi connectivity index (χ2v) is 5.28. The van der Waals surface area contributed by atoms with Gasteiger partial charge in [0.15, 0.2) is 0 Å². The van der Waals surface area contributed by atoms with Crippen LogP contribution < -0.4 is 10.5 Å². The molecule has 1 aromatic rings. The van der Waals surface area contributed by atoms with Crippen LogP contribution >= 0.6 is 0 Å². The van der Waals surface area contributed by atoms with Crippen LogP contribution in [0.15, 0.2) is 18.2 Å². The van der Waals surface area contributed by atoms with Gasteiger partial charge in [0.05, 0.1) is 5.56 Å². The molecule has 0 amide bonds. The number of nitrogens with zero attached hydrogens (tertiary/aromatic N) is 1. The molecule has 0 aromatic heterocycles. The van der Waals surface area contributed by atoms with Crippen LogP contribution in [0.1, 0.15) is 30.4 Å². The van der Waals surface area contributed by atoms with Gasteiger partial charge >= 0.3 is 6.18 Å². The van der Waals surface area contributed by atoms with E-state index in [4.69, 9.17) is 10.5 Å². The summed E-state index contributed by atoms with van der Waals surface area (Å²) in [5.41, 5.74) is 5.22. The van der Waals surface area contributed by atoms with E-state index < -0.39 is 11.7 Å². The van der Waals surface area contributed by atoms with E-state index in [-0.39, 0.29) is 6.54 Å². The van der Waals surface area contributed by atoms with Gasteiger partial charge in [-0.05, 0) is 44.1 Å². The molecule has 0 radical (unpaired) electrons. The third-order valence-electron chi connectivity index (χ3n) is 3.72. The molecule has 1 heterocycles. The first-order valence-corrected chi connectivity index (χ1v) is 7.26. The fourth-order valence-corrected chi connectivity index (χ4v) is 2.52. The lowest BCUT2D eigenvalue weighted by molar-refractivity contribution is -0.137. The number of piperidine rings is 1. The normalized spacial score (nSPS) is 17.0. The van der Waals surface area contributed by atoms with Gasteiger partial charge in [-0.2, -0.15) is 13.2 Å². The van der Waals surface area contributed by atoms with Crippen molar-refractivity contribution in [3.63, 3.8) is 0 Å². The number of alkyl halides is 3. The molecule has 0 unspecified atom stereocenters. The lowest BCUT2D eigenvalue weighted by Gasteiger charge is -2.26. The Kier molecular flexibility index (Phi) is 5.47. The smallest absolute Gasteiger partial charge is 0.416 e. The van der Waals surface area contributed by atoms with Crippen LogP contribution in [0.5, 0.6) is 5.75 Å². The predicted molar refractivity (Wildman–Crippen MR) is 75.1 cm³/mol. The molecule has 1 aliphatic rings. The minimum atomic E-state index is -4.35. The van der Waals surface area contributed by atoms with E-state index in [2.05, 4.69) is 4.90 Å². The summed E-state index contributed by atoms with van der Waals surface area (Å²) >= 11 is 0. The highest BCUT2D eigenvalue weighted by molar-refractivity contribution is 5.38. The molecule has 1 fully saturated rings. The number of rotatable bonds is 5. The number of benzene rings is 1. The SMILES string of the molecule is NCc1cc(C(F)(F)F)ccc1OCCN1CCCCC1. The molecule has 3 nitrogen and oxygen atoms in total. The molecular formula is C15H21F3N2O. The van der Waals surface area contributed by atoms with Crippen molar-refractivity contribution >= 4 is 0 Å². The van der Waals surface area contributed by atoms with Crippen molar-refractivity contribution in [3.05, 3.63) is 29.3 Å². The van der Waals surface area contributed by atoms with Crippen molar-refractivity contribution in [1.29, 1.82) is 0 Å². The van der Waals surface area contributed by atoms with Crippen LogP contribution in [0.25, 0.3) is 0 Å². The minimum absolute atomic E-state index is 0.0307. The zero-order valence-corrected chi connectivity index (χ0v) is 12.0. The van der Waals surface area contributed by atoms with Gasteiger partial charge in [0.25, 0.3) is 0 Å². The zero-order valence-electron chi connectivity index (χ0n) is 12.0. The van der Waals surface area contributed by atoms with Crippen LogP contribution in [-0.2, 0) is 12.7 Å². The monoisotopic (exact) mass is 302 g/mol. The highest BCUT2D eigenvalue weighted by Crippen LogP contribution is 2.32. The van der Waals surface area contributed by atoms with Gasteiger partial charge in [-0.3, -0.25) is 4.90 Å². The predicted octanol–water partition coefficient (Wildman–Crippen LogP) is 3.03. The van der Waals surface area contributed by atoms with Gasteiger partial charge in [-0.25, -0.2) is 0 Å². The quantitative estimate of drug-likeness (QED) is 0.908. The summed E-state index contributed by atoms with van der Waals surface area (Å²) in [6.07, 6.45) is -0.674. The number of halogens is 3. The molecule has 118 valence electrons. The first-order valence-electron chi connectivity index (χ1n) is 7.26. The topological polar surface area (TPSA) is 38.5 Å². The van der Waals surface area contributed by atoms with Gasteiger partial charge in [0, 0.05) is 18.7 Å². The fourth-order valence-electron chi connectivity index (χ4n) is 2.52. The molecule has 1 aliphatic heterocycles. The van der Waals surface area contributed by atoms with Crippen LogP contribution in [0.3, 0.4) is 0 Å². The average Bonchev–Trinajstić information content (AvgIpc) is 2.47. The Morgan fingerprint density at radius 2 is 1.86 bits per heavy atom. The van der Waals surface area contributed by atoms with Gasteiger partial charge in [0.2, 0.25) is 0 Å². The summed E-state index contributed by atoms with van der Waals surface area (Å²) in [4.78, 5) is 2.32. The molecule has 0 aliphatic carbocycles. The van der Waals surface area contributed by atoms with E-state index in [9.17, 15) is 13.2 Å². The van der Waals surface area contributed by atoms with E-state index in [0.29, 0.717) is 17.9 Å². The maximum Gasteiger partial charge on any atom is 0.416 e. The number of likely N-dealkylation sites (tertiary alicyclic amines) is 1. The standard InChI is InChI=1S/C15H21F3N2O/c16-15(17,18)13-4-5-14(12(10-13)11-19)21-9-8-20-6-2-1-3-7-20/h4-5,10H,1-3,6-9,11,19H2. The maximum atomic E-state index is 12.6. The van der Waals surface area contributed by atoms with E-state index in [1.165, 1.54) is 25.3 Å². The number of hydrogen-bond donors (Lipinski definition) is 1. The Morgan fingerprint density at radius 1 is 1.14 bits per heavy atom. The van der Waals surface area contributed by atoms with Crippen molar-refractivity contribution in [1.82, 2.24) is 4.90 Å². The van der Waals surface area contributed by atoms with Crippen molar-refractivity contribution in [2.45, 2.75) is 32.0 Å². The number of ether oxygens (including phenoxy) is 1. The Balaban J connectivity index is 1.93. The van der Waals surface area contributed by atoms with E-state index in [1.807, 2.05) is 0 Å². The van der Waals surface area contributed by atoms with Crippen molar-refractivity contribution in [2.24, 2.45) is 5.73 Å². The summed E-state index contributed by atoms with van der Waals surface area (Å²) in [5, 5.41) is 0. The molecule has 21 heavy (non-hydrogen) atoms. The molecule has 2 N–H and O–H groups in total. The molecule has 0 saturated carbocycles. The van der Waals surface area contributed by atoms with Crippen LogP contribution in [0, 0.1) is 0 Å². The highest BCUT2D eigenvalue weighted by Gasteiger charge is 2.31. The van der Waals surface area contributed by atoms with Gasteiger partial charge in [-0.1, -0.05) is 6.42 Å². The Labute approximate surface area is 122 Å². The summed E-state index contributed by atoms with van der Waals surface area (Å²) < 4.78 is 43.5. The molecule has 6 heteroatoms. The molecule has 0 atom stereocenters. The van der Waals surface area contributed by atoms with Gasteiger partial charge < -0.3 is 10.5 Å². The molecule has 0 spiro atoms. The Morgan fingerprint density at radius 3 is 2.48 bits per heavy atom. The number of nitrogens with two attached hydrogens (primary N) is 1. The lowest BCUT2D eigenvalue weighted by Crippen LogP contribution is -2.33. The van der Waals surface area contributed by atoms with Crippen LogP contribution in [0.4, 0.5) is 13.2 Å². The van der Waals surface area contributed by atoms with Crippen LogP contribution in [-0.4, -0.2) is 31.1 Å². The van der Waals surface area contributed by atoms with E-state index in [1.54, 1.807) is 0 Å². The summed E-state index contributed by atoms with van der Waals surface area (Å²) in [5.74, 6) is 0.447. The first-order chi connectivity index (χ1) is 10.0. The van der Waals surface area contributed by atoms with Crippen molar-refractivity contribution < 1.29 is 17.9 Å². The molecule has 1 aromatic carbocycles. The number of hydrogen-bond acceptors (Lipinski definition) is 3. The Hall–Kier alpha value is -1.27. The highest BCUT2D eigenvalue weighted by atomic mass is 19.4. The van der Waals surface area contributed by atoms with Crippen LogP contribution in [0.2, 0.25) is 0 Å². The average molecular weight is 302 g/mol. The molecule has 2 rings (SSSR count). The minimum Gasteiger partial charge on any atom is -0.492 e. The van der Waals surface area contributed by atoms with E-state index in [0.717, 1.165) is 31.8 Å². The van der Waals surface area contributed by atoms with E-state index >= 15 is 0 Å². The maximum absolute atomic E-state index is 12.6. The summed E-state index contributed by atoms with van der Waals surface area (Å²) in [7, 11) is 0. The largest absolute Gasteiger partial charge is 0.492 e. The Bertz CT molecular complexity index is 457. The first kappa shape index (κ1) is 16.1. The third-order valence-corrected chi connectivity index (χ3v) is 3.72. The summed E-state index contributed by atoms with van der Waals surface area (Å²) in [6.45, 7) is 3.44. The van der Waals surface area contributed by atoms with Gasteiger partial charge in [0.1, 0.15) is 12.4 Å². The third kappa shape index (κ3) is 4.61. The molecule has 1 saturated heterocycles. The zero-order chi connectivity index (χ0) is 15.3. The fraction of sp³-hybridized carbons (Fsp3) is 0.600. The molecular weight excluding hydrogens is 281 g/mol. The van der Waals surface area contributed by atoms with Crippen molar-refractivity contribution in [2.75, 3.05) is 26.2 Å². The second kappa shape index (κ2) is 7.13. The summed E-state index contributed by atoms with van der Waals surface area (Å²) in [6, 6.07) is 3.47. The van der Waals surface area contributed by atoms with Crippen molar-refractivity contribution in [3.8, 4) is 5.75 Å². The lowest BCUT2D eigenvalue weighted by atomic mass is 10.1. The van der Waals surface area contributed by atoms with Gasteiger partial charge in [-0.15, -0.1) is 0 Å².